The van der Waals surface area contributed by atoms with Crippen molar-refractivity contribution >= 4 is 5.96 Å². The van der Waals surface area contributed by atoms with E-state index in [1.807, 2.05) is 6.92 Å². The molecular weight excluding hydrogens is 308 g/mol. The number of hydrogen-bond donors (Lipinski definition) is 2. The van der Waals surface area contributed by atoms with Crippen molar-refractivity contribution in [1.82, 2.24) is 10.6 Å². The number of guanidine groups is 1. The Balaban J connectivity index is 1.56. The van der Waals surface area contributed by atoms with Crippen LogP contribution >= 0.6 is 0 Å². The van der Waals surface area contributed by atoms with Gasteiger partial charge in [-0.25, -0.2) is 8.78 Å². The maximum Gasteiger partial charge on any atom is 0.191 e. The van der Waals surface area contributed by atoms with Gasteiger partial charge in [0.15, 0.2) is 5.96 Å². The number of aryl methyl sites for hydroxylation is 1. The molecule has 1 aliphatic rings. The molecule has 0 saturated heterocycles. The molecule has 2 unspecified atom stereocenters. The topological polar surface area (TPSA) is 36.4 Å². The van der Waals surface area contributed by atoms with Gasteiger partial charge in [-0.2, -0.15) is 0 Å². The molecule has 126 valence electrons. The van der Waals surface area contributed by atoms with E-state index in [0.717, 1.165) is 5.56 Å². The first kappa shape index (κ1) is 16.4. The first-order chi connectivity index (χ1) is 11.6. The summed E-state index contributed by atoms with van der Waals surface area (Å²) in [6, 6.07) is 12.2. The second kappa shape index (κ2) is 6.99. The lowest BCUT2D eigenvalue weighted by atomic mass is 10.1. The van der Waals surface area contributed by atoms with Crippen LogP contribution in [0.4, 0.5) is 8.78 Å². The number of rotatable bonds is 4. The van der Waals surface area contributed by atoms with Crippen LogP contribution in [0, 0.1) is 18.6 Å². The molecule has 0 spiro atoms. The minimum Gasteiger partial charge on any atom is -0.353 e. The van der Waals surface area contributed by atoms with Crippen molar-refractivity contribution in [3.05, 3.63) is 70.8 Å². The van der Waals surface area contributed by atoms with E-state index in [1.165, 1.54) is 23.8 Å². The molecule has 0 aromatic heterocycles. The van der Waals surface area contributed by atoms with E-state index < -0.39 is 11.6 Å². The van der Waals surface area contributed by atoms with Gasteiger partial charge in [0.1, 0.15) is 11.6 Å². The molecular formula is C19H21F2N3. The second-order valence-corrected chi connectivity index (χ2v) is 6.14. The SMILES string of the molecule is CN=C(NCc1ccc(C)cc1)NC1CC1c1c(F)cccc1F. The van der Waals surface area contributed by atoms with E-state index in [4.69, 9.17) is 0 Å². The molecule has 2 aromatic rings. The number of hydrogen-bond acceptors (Lipinski definition) is 1. The highest BCUT2D eigenvalue weighted by atomic mass is 19.1. The van der Waals surface area contributed by atoms with Crippen LogP contribution in [0.1, 0.15) is 29.0 Å². The van der Waals surface area contributed by atoms with Gasteiger partial charge in [0.05, 0.1) is 0 Å². The van der Waals surface area contributed by atoms with Gasteiger partial charge in [-0.1, -0.05) is 35.9 Å². The highest BCUT2D eigenvalue weighted by Gasteiger charge is 2.42. The van der Waals surface area contributed by atoms with E-state index in [0.29, 0.717) is 18.9 Å². The van der Waals surface area contributed by atoms with Gasteiger partial charge in [-0.05, 0) is 31.0 Å². The van der Waals surface area contributed by atoms with E-state index in [2.05, 4.69) is 39.9 Å². The van der Waals surface area contributed by atoms with E-state index >= 15 is 0 Å². The summed E-state index contributed by atoms with van der Waals surface area (Å²) in [5.74, 6) is -0.470. The molecule has 1 saturated carbocycles. The maximum absolute atomic E-state index is 13.8. The summed E-state index contributed by atoms with van der Waals surface area (Å²) in [5, 5.41) is 6.46. The molecule has 1 aliphatic carbocycles. The molecule has 0 aliphatic heterocycles. The fourth-order valence-corrected chi connectivity index (χ4v) is 2.80. The molecule has 3 rings (SSSR count). The molecule has 24 heavy (non-hydrogen) atoms. The number of nitrogens with zero attached hydrogens (tertiary/aromatic N) is 1. The molecule has 2 aromatic carbocycles. The number of halogens is 2. The van der Waals surface area contributed by atoms with Crippen molar-refractivity contribution in [2.75, 3.05) is 7.05 Å². The van der Waals surface area contributed by atoms with Gasteiger partial charge in [0.25, 0.3) is 0 Å². The average Bonchev–Trinajstić information content (AvgIpc) is 3.31. The predicted molar refractivity (Wildman–Crippen MR) is 92.0 cm³/mol. The van der Waals surface area contributed by atoms with Crippen LogP contribution in [0.5, 0.6) is 0 Å². The number of benzene rings is 2. The third kappa shape index (κ3) is 3.72. The lowest BCUT2D eigenvalue weighted by molar-refractivity contribution is 0.553. The molecule has 3 nitrogen and oxygen atoms in total. The minimum atomic E-state index is -0.480. The van der Waals surface area contributed by atoms with Crippen LogP contribution < -0.4 is 10.6 Å². The first-order valence-electron chi connectivity index (χ1n) is 8.05. The van der Waals surface area contributed by atoms with E-state index in [-0.39, 0.29) is 17.5 Å². The highest BCUT2D eigenvalue weighted by molar-refractivity contribution is 5.80. The summed E-state index contributed by atoms with van der Waals surface area (Å²) in [5.41, 5.74) is 2.54. The zero-order valence-electron chi connectivity index (χ0n) is 13.8. The minimum absolute atomic E-state index is 0.000572. The summed E-state index contributed by atoms with van der Waals surface area (Å²) in [6.45, 7) is 2.69. The van der Waals surface area contributed by atoms with Crippen molar-refractivity contribution in [3.8, 4) is 0 Å². The normalized spacial score (nSPS) is 19.9. The molecule has 2 N–H and O–H groups in total. The van der Waals surface area contributed by atoms with Gasteiger partial charge in [-0.15, -0.1) is 0 Å². The lowest BCUT2D eigenvalue weighted by Gasteiger charge is -2.12. The predicted octanol–water partition coefficient (Wildman–Crippen LogP) is 3.49. The van der Waals surface area contributed by atoms with Gasteiger partial charge < -0.3 is 10.6 Å². The van der Waals surface area contributed by atoms with Gasteiger partial charge in [0, 0.05) is 31.1 Å². The Hall–Kier alpha value is -2.43. The van der Waals surface area contributed by atoms with E-state index in [9.17, 15) is 8.78 Å². The van der Waals surface area contributed by atoms with Crippen LogP contribution in [0.25, 0.3) is 0 Å². The standard InChI is InChI=1S/C19H21F2N3/c1-12-6-8-13(9-7-12)11-23-19(22-2)24-17-10-14(17)18-15(20)4-3-5-16(18)21/h3-9,14,17H,10-11H2,1-2H3,(H2,22,23,24). The Kier molecular flexibility index (Phi) is 4.79. The van der Waals surface area contributed by atoms with Crippen molar-refractivity contribution in [2.45, 2.75) is 31.8 Å². The lowest BCUT2D eigenvalue weighted by Crippen LogP contribution is -2.38. The molecule has 0 bridgehead atoms. The molecule has 1 fully saturated rings. The fraction of sp³-hybridized carbons (Fsp3) is 0.316. The Labute approximate surface area is 140 Å². The quantitative estimate of drug-likeness (QED) is 0.665. The van der Waals surface area contributed by atoms with Crippen LogP contribution in [0.2, 0.25) is 0 Å². The zero-order chi connectivity index (χ0) is 17.1. The van der Waals surface area contributed by atoms with Crippen molar-refractivity contribution in [2.24, 2.45) is 4.99 Å². The molecule has 0 amide bonds. The summed E-state index contributed by atoms with van der Waals surface area (Å²) in [4.78, 5) is 4.18. The van der Waals surface area contributed by atoms with Gasteiger partial charge >= 0.3 is 0 Å². The Morgan fingerprint density at radius 1 is 1.12 bits per heavy atom. The summed E-state index contributed by atoms with van der Waals surface area (Å²) < 4.78 is 27.6. The third-order valence-corrected chi connectivity index (χ3v) is 4.29. The summed E-state index contributed by atoms with van der Waals surface area (Å²) >= 11 is 0. The molecule has 0 heterocycles. The Morgan fingerprint density at radius 2 is 1.79 bits per heavy atom. The van der Waals surface area contributed by atoms with Gasteiger partial charge in [0.2, 0.25) is 0 Å². The summed E-state index contributed by atoms with van der Waals surface area (Å²) in [6.07, 6.45) is 0.698. The highest BCUT2D eigenvalue weighted by Crippen LogP contribution is 2.42. The van der Waals surface area contributed by atoms with Crippen LogP contribution in [-0.2, 0) is 6.54 Å². The van der Waals surface area contributed by atoms with Crippen molar-refractivity contribution in [3.63, 3.8) is 0 Å². The first-order valence-corrected chi connectivity index (χ1v) is 8.05. The van der Waals surface area contributed by atoms with Crippen LogP contribution in [0.15, 0.2) is 47.5 Å². The Bertz CT molecular complexity index is 721. The van der Waals surface area contributed by atoms with Crippen LogP contribution in [-0.4, -0.2) is 19.0 Å². The molecule has 5 heteroatoms. The van der Waals surface area contributed by atoms with Crippen LogP contribution in [0.3, 0.4) is 0 Å². The van der Waals surface area contributed by atoms with Crippen molar-refractivity contribution in [1.29, 1.82) is 0 Å². The van der Waals surface area contributed by atoms with E-state index in [1.54, 1.807) is 7.05 Å². The monoisotopic (exact) mass is 329 g/mol. The second-order valence-electron chi connectivity index (χ2n) is 6.14. The molecule has 2 atom stereocenters. The van der Waals surface area contributed by atoms with Gasteiger partial charge in [-0.3, -0.25) is 4.99 Å². The smallest absolute Gasteiger partial charge is 0.191 e. The number of aliphatic imine (C=N–C) groups is 1. The average molecular weight is 329 g/mol. The fourth-order valence-electron chi connectivity index (χ4n) is 2.80. The summed E-state index contributed by atoms with van der Waals surface area (Å²) in [7, 11) is 1.69. The maximum atomic E-state index is 13.8. The van der Waals surface area contributed by atoms with Crippen molar-refractivity contribution < 1.29 is 8.78 Å². The number of nitrogens with one attached hydrogen (secondary N) is 2. The Morgan fingerprint density at radius 3 is 2.42 bits per heavy atom. The zero-order valence-corrected chi connectivity index (χ0v) is 13.8. The third-order valence-electron chi connectivity index (χ3n) is 4.29. The largest absolute Gasteiger partial charge is 0.353 e. The molecule has 0 radical (unpaired) electrons.